The molecule has 0 saturated carbocycles. The molecule has 0 aliphatic carbocycles. The van der Waals surface area contributed by atoms with Crippen molar-refractivity contribution >= 4 is 9.84 Å². The van der Waals surface area contributed by atoms with Crippen LogP contribution in [0.2, 0.25) is 0 Å². The number of nitrogens with zero attached hydrogens (tertiary/aromatic N) is 3. The molecule has 0 unspecified atom stereocenters. The van der Waals surface area contributed by atoms with E-state index in [1.807, 2.05) is 42.3 Å². The molecule has 7 heteroatoms. The highest BCUT2D eigenvalue weighted by Crippen LogP contribution is 2.18. The van der Waals surface area contributed by atoms with Crippen molar-refractivity contribution in [2.75, 3.05) is 13.3 Å². The number of sulfone groups is 1. The normalized spacial score (nSPS) is 11.5. The Morgan fingerprint density at radius 1 is 1.29 bits per heavy atom. The molecule has 0 atom stereocenters. The monoisotopic (exact) mass is 305 g/mol. The summed E-state index contributed by atoms with van der Waals surface area (Å²) in [7, 11) is -1.73. The third kappa shape index (κ3) is 3.90. The minimum Gasteiger partial charge on any atom is -0.426 e. The van der Waals surface area contributed by atoms with Crippen LogP contribution in [0.15, 0.2) is 39.8 Å². The quantitative estimate of drug-likeness (QED) is 0.833. The van der Waals surface area contributed by atoms with E-state index in [1.54, 1.807) is 6.07 Å². The van der Waals surface area contributed by atoms with E-state index in [0.29, 0.717) is 13.1 Å². The average Bonchev–Trinajstić information content (AvgIpc) is 2.82. The van der Waals surface area contributed by atoms with Gasteiger partial charge in [0.15, 0.2) is 5.69 Å². The molecular weight excluding hydrogens is 290 g/mol. The van der Waals surface area contributed by atoms with Gasteiger partial charge in [0.05, 0.1) is 6.54 Å². The van der Waals surface area contributed by atoms with Gasteiger partial charge in [0.25, 0.3) is 5.09 Å². The van der Waals surface area contributed by atoms with Crippen molar-refractivity contribution in [2.24, 2.45) is 0 Å². The van der Waals surface area contributed by atoms with Crippen LogP contribution in [-0.2, 0) is 22.9 Å². The van der Waals surface area contributed by atoms with Crippen molar-refractivity contribution in [3.05, 3.63) is 47.5 Å². The fraction of sp³-hybridized carbons (Fsp3) is 0.286. The molecule has 0 radical (unpaired) electrons. The van der Waals surface area contributed by atoms with Gasteiger partial charge in [0.1, 0.15) is 6.07 Å². The Hall–Kier alpha value is -2.17. The van der Waals surface area contributed by atoms with E-state index in [1.165, 1.54) is 0 Å². The van der Waals surface area contributed by atoms with Crippen molar-refractivity contribution in [3.63, 3.8) is 0 Å². The van der Waals surface area contributed by atoms with E-state index in [0.717, 1.165) is 11.8 Å². The lowest BCUT2D eigenvalue weighted by Gasteiger charge is -2.14. The van der Waals surface area contributed by atoms with Crippen LogP contribution in [0.5, 0.6) is 0 Å². The third-order valence-electron chi connectivity index (χ3n) is 2.78. The molecule has 21 heavy (non-hydrogen) atoms. The van der Waals surface area contributed by atoms with Gasteiger partial charge in [-0.25, -0.2) is 13.4 Å². The molecule has 0 amide bonds. The molecule has 0 aliphatic rings. The van der Waals surface area contributed by atoms with Crippen LogP contribution < -0.4 is 0 Å². The predicted octanol–water partition coefficient (Wildman–Crippen LogP) is 1.58. The van der Waals surface area contributed by atoms with E-state index < -0.39 is 9.84 Å². The zero-order valence-corrected chi connectivity index (χ0v) is 12.6. The molecule has 0 saturated heterocycles. The molecule has 6 nitrogen and oxygen atoms in total. The average molecular weight is 305 g/mol. The van der Waals surface area contributed by atoms with Crippen LogP contribution in [0.3, 0.4) is 0 Å². The van der Waals surface area contributed by atoms with Crippen LogP contribution in [0.25, 0.3) is 0 Å². The topological polar surface area (TPSA) is 87.2 Å². The summed E-state index contributed by atoms with van der Waals surface area (Å²) in [5.74, 6) is 0.213. The van der Waals surface area contributed by atoms with Gasteiger partial charge in [-0.3, -0.25) is 4.90 Å². The number of hydrogen-bond acceptors (Lipinski definition) is 6. The maximum absolute atomic E-state index is 11.5. The summed E-state index contributed by atoms with van der Waals surface area (Å²) in [5, 5.41) is 8.55. The van der Waals surface area contributed by atoms with Gasteiger partial charge < -0.3 is 4.42 Å². The highest BCUT2D eigenvalue weighted by molar-refractivity contribution is 7.90. The van der Waals surface area contributed by atoms with Gasteiger partial charge in [-0.15, -0.1) is 0 Å². The number of nitriles is 1. The molecule has 0 spiro atoms. The van der Waals surface area contributed by atoms with Crippen LogP contribution in [-0.4, -0.2) is 31.6 Å². The molecule has 0 fully saturated rings. The van der Waals surface area contributed by atoms with Gasteiger partial charge >= 0.3 is 0 Å². The van der Waals surface area contributed by atoms with E-state index in [9.17, 15) is 8.42 Å². The molecule has 0 N–H and O–H groups in total. The standard InChI is InChI=1S/C14H15N3O3S/c1-17(9-11-6-4-3-5-7-11)10-13-16-12(8-15)14(20-13)21(2,18)19/h3-7H,9-10H2,1-2H3. The summed E-state index contributed by atoms with van der Waals surface area (Å²) < 4.78 is 28.2. The van der Waals surface area contributed by atoms with Crippen molar-refractivity contribution in [1.29, 1.82) is 5.26 Å². The van der Waals surface area contributed by atoms with E-state index in [-0.39, 0.29) is 16.7 Å². The summed E-state index contributed by atoms with van der Waals surface area (Å²) in [6, 6.07) is 11.6. The van der Waals surface area contributed by atoms with Crippen LogP contribution in [0.4, 0.5) is 0 Å². The predicted molar refractivity (Wildman–Crippen MR) is 75.9 cm³/mol. The molecule has 2 rings (SSSR count). The van der Waals surface area contributed by atoms with Crippen molar-refractivity contribution in [3.8, 4) is 6.07 Å². The first-order chi connectivity index (χ1) is 9.90. The lowest BCUT2D eigenvalue weighted by atomic mass is 10.2. The first-order valence-electron chi connectivity index (χ1n) is 6.22. The largest absolute Gasteiger partial charge is 0.426 e. The highest BCUT2D eigenvalue weighted by atomic mass is 32.2. The molecule has 0 aliphatic heterocycles. The molecule has 1 aromatic carbocycles. The summed E-state index contributed by atoms with van der Waals surface area (Å²) in [6.07, 6.45) is 0.992. The molecule has 110 valence electrons. The second-order valence-corrected chi connectivity index (χ2v) is 6.70. The summed E-state index contributed by atoms with van der Waals surface area (Å²) in [4.78, 5) is 5.85. The van der Waals surface area contributed by atoms with Gasteiger partial charge in [0, 0.05) is 12.8 Å². The fourth-order valence-corrected chi connectivity index (χ4v) is 2.61. The zero-order valence-electron chi connectivity index (χ0n) is 11.8. The number of oxazole rings is 1. The maximum Gasteiger partial charge on any atom is 0.256 e. The number of hydrogen-bond donors (Lipinski definition) is 0. The fourth-order valence-electron chi connectivity index (χ4n) is 1.92. The summed E-state index contributed by atoms with van der Waals surface area (Å²) >= 11 is 0. The van der Waals surface area contributed by atoms with Gasteiger partial charge in [-0.1, -0.05) is 30.3 Å². The first-order valence-corrected chi connectivity index (χ1v) is 8.11. The molecule has 1 heterocycles. The van der Waals surface area contributed by atoms with E-state index in [2.05, 4.69) is 4.98 Å². The van der Waals surface area contributed by atoms with E-state index >= 15 is 0 Å². The molecule has 1 aromatic heterocycles. The molecular formula is C14H15N3O3S. The Morgan fingerprint density at radius 2 is 1.95 bits per heavy atom. The SMILES string of the molecule is CN(Cc1ccccc1)Cc1nc(C#N)c(S(C)(=O)=O)o1. The number of aromatic nitrogens is 1. The second kappa shape index (κ2) is 6.08. The number of benzene rings is 1. The molecule has 2 aromatic rings. The lowest BCUT2D eigenvalue weighted by Crippen LogP contribution is -2.17. The zero-order chi connectivity index (χ0) is 15.5. The van der Waals surface area contributed by atoms with Gasteiger partial charge in [0.2, 0.25) is 15.7 Å². The Balaban J connectivity index is 2.14. The Kier molecular flexibility index (Phi) is 4.40. The maximum atomic E-state index is 11.5. The van der Waals surface area contributed by atoms with Crippen LogP contribution >= 0.6 is 0 Å². The smallest absolute Gasteiger partial charge is 0.256 e. The van der Waals surface area contributed by atoms with Crippen molar-refractivity contribution in [2.45, 2.75) is 18.2 Å². The van der Waals surface area contributed by atoms with Crippen LogP contribution in [0, 0.1) is 11.3 Å². The van der Waals surface area contributed by atoms with E-state index in [4.69, 9.17) is 9.68 Å². The molecule has 0 bridgehead atoms. The Morgan fingerprint density at radius 3 is 2.48 bits per heavy atom. The minimum atomic E-state index is -3.59. The Labute approximate surface area is 123 Å². The Bertz CT molecular complexity index is 761. The minimum absolute atomic E-state index is 0.194. The lowest BCUT2D eigenvalue weighted by molar-refractivity contribution is 0.269. The third-order valence-corrected chi connectivity index (χ3v) is 3.73. The van der Waals surface area contributed by atoms with Crippen molar-refractivity contribution in [1.82, 2.24) is 9.88 Å². The summed E-state index contributed by atoms with van der Waals surface area (Å²) in [6.45, 7) is 0.985. The van der Waals surface area contributed by atoms with Gasteiger partial charge in [-0.2, -0.15) is 5.26 Å². The van der Waals surface area contributed by atoms with Crippen LogP contribution in [0.1, 0.15) is 17.1 Å². The highest BCUT2D eigenvalue weighted by Gasteiger charge is 2.22. The second-order valence-electron chi connectivity index (χ2n) is 4.79. The summed E-state index contributed by atoms with van der Waals surface area (Å²) in [5.41, 5.74) is 0.927. The number of rotatable bonds is 5. The first kappa shape index (κ1) is 15.2. The van der Waals surface area contributed by atoms with Gasteiger partial charge in [-0.05, 0) is 12.6 Å². The van der Waals surface area contributed by atoms with Crippen molar-refractivity contribution < 1.29 is 12.8 Å².